The molecule has 1 amide bonds. The molecule has 1 aliphatic rings. The maximum Gasteiger partial charge on any atom is 0.296 e. The molecule has 1 fully saturated rings. The number of nitrogens with zero attached hydrogens (tertiary/aromatic N) is 3. The maximum atomic E-state index is 13.2. The van der Waals surface area contributed by atoms with Crippen molar-refractivity contribution in [3.05, 3.63) is 88.5 Å². The molecule has 4 rings (SSSR count). The van der Waals surface area contributed by atoms with Gasteiger partial charge in [0.2, 0.25) is 0 Å². The highest BCUT2D eigenvalue weighted by Crippen LogP contribution is 2.43. The molecule has 0 aliphatic carbocycles. The lowest BCUT2D eigenvalue weighted by Gasteiger charge is -2.24. The van der Waals surface area contributed by atoms with Gasteiger partial charge in [0.05, 0.1) is 36.1 Å². The predicted octanol–water partition coefficient (Wildman–Crippen LogP) is 3.77. The first-order valence-electron chi connectivity index (χ1n) is 9.96. The van der Waals surface area contributed by atoms with Crippen molar-refractivity contribution in [2.24, 2.45) is 0 Å². The van der Waals surface area contributed by atoms with Crippen molar-refractivity contribution in [1.29, 1.82) is 0 Å². The first kappa shape index (κ1) is 22.3. The van der Waals surface area contributed by atoms with E-state index in [2.05, 4.69) is 9.97 Å². The Labute approximate surface area is 195 Å². The fourth-order valence-electron chi connectivity index (χ4n) is 3.76. The van der Waals surface area contributed by atoms with Crippen LogP contribution in [0, 0.1) is 0 Å². The van der Waals surface area contributed by atoms with Crippen LogP contribution >= 0.6 is 11.6 Å². The Hall–Kier alpha value is -3.91. The van der Waals surface area contributed by atoms with E-state index >= 15 is 0 Å². The van der Waals surface area contributed by atoms with Gasteiger partial charge in [-0.05, 0) is 35.9 Å². The molecular weight excluding hydrogens is 446 g/mol. The van der Waals surface area contributed by atoms with Crippen molar-refractivity contribution in [3.8, 4) is 11.5 Å². The highest BCUT2D eigenvalue weighted by molar-refractivity contribution is 6.46. The van der Waals surface area contributed by atoms with Gasteiger partial charge in [-0.1, -0.05) is 17.7 Å². The number of carbonyl (C=O) groups is 2. The summed E-state index contributed by atoms with van der Waals surface area (Å²) in [6, 6.07) is 10.7. The number of ketones is 1. The van der Waals surface area contributed by atoms with Crippen LogP contribution in [-0.2, 0) is 16.1 Å². The van der Waals surface area contributed by atoms with Crippen LogP contribution in [-0.4, -0.2) is 45.9 Å². The number of methoxy groups -OCH3 is 2. The molecule has 3 aromatic rings. The molecule has 1 aliphatic heterocycles. The van der Waals surface area contributed by atoms with Gasteiger partial charge < -0.3 is 19.5 Å². The molecule has 9 heteroatoms. The largest absolute Gasteiger partial charge is 0.507 e. The van der Waals surface area contributed by atoms with Crippen molar-refractivity contribution in [2.75, 3.05) is 14.2 Å². The Kier molecular flexibility index (Phi) is 6.28. The molecule has 0 bridgehead atoms. The number of rotatable bonds is 6. The third-order valence-corrected chi connectivity index (χ3v) is 5.63. The molecule has 1 atom stereocenters. The quantitative estimate of drug-likeness (QED) is 0.336. The predicted molar refractivity (Wildman–Crippen MR) is 121 cm³/mol. The van der Waals surface area contributed by atoms with Crippen molar-refractivity contribution in [3.63, 3.8) is 0 Å². The number of hydrogen-bond acceptors (Lipinski definition) is 7. The minimum absolute atomic E-state index is 0.104. The summed E-state index contributed by atoms with van der Waals surface area (Å²) in [5, 5.41) is 11.5. The number of Topliss-reactive ketones (excluding diaryl/α,β-unsaturated/α-hetero) is 1. The van der Waals surface area contributed by atoms with E-state index in [1.807, 2.05) is 0 Å². The second-order valence-corrected chi connectivity index (χ2v) is 7.63. The van der Waals surface area contributed by atoms with Gasteiger partial charge in [0, 0.05) is 31.2 Å². The Bertz CT molecular complexity index is 1230. The minimum atomic E-state index is -0.912. The zero-order chi connectivity index (χ0) is 23.5. The van der Waals surface area contributed by atoms with Crippen LogP contribution in [0.2, 0.25) is 5.02 Å². The smallest absolute Gasteiger partial charge is 0.296 e. The number of hydrogen-bond donors (Lipinski definition) is 1. The normalized spacial score (nSPS) is 17.3. The third kappa shape index (κ3) is 4.12. The van der Waals surface area contributed by atoms with E-state index in [1.54, 1.807) is 48.9 Å². The molecule has 33 heavy (non-hydrogen) atoms. The molecule has 0 radical (unpaired) electrons. The van der Waals surface area contributed by atoms with Gasteiger partial charge in [-0.15, -0.1) is 0 Å². The Morgan fingerprint density at radius 1 is 1.06 bits per heavy atom. The summed E-state index contributed by atoms with van der Waals surface area (Å²) in [5.74, 6) is -1.42. The molecule has 2 aromatic heterocycles. The van der Waals surface area contributed by atoms with E-state index in [4.69, 9.17) is 21.1 Å². The van der Waals surface area contributed by atoms with Crippen molar-refractivity contribution < 1.29 is 24.2 Å². The Morgan fingerprint density at radius 3 is 2.42 bits per heavy atom. The van der Waals surface area contributed by atoms with Crippen LogP contribution in [0.1, 0.15) is 22.9 Å². The monoisotopic (exact) mass is 465 g/mol. The number of aromatic nitrogens is 2. The lowest BCUT2D eigenvalue weighted by atomic mass is 9.97. The zero-order valence-electron chi connectivity index (χ0n) is 17.9. The third-order valence-electron chi connectivity index (χ3n) is 5.34. The molecule has 1 N–H and O–H groups in total. The van der Waals surface area contributed by atoms with Crippen LogP contribution in [0.4, 0.5) is 0 Å². The Balaban J connectivity index is 1.90. The molecule has 168 valence electrons. The fourth-order valence-corrected chi connectivity index (χ4v) is 4.00. The van der Waals surface area contributed by atoms with Crippen molar-refractivity contribution in [1.82, 2.24) is 14.9 Å². The highest BCUT2D eigenvalue weighted by atomic mass is 35.5. The van der Waals surface area contributed by atoms with Gasteiger partial charge in [0.25, 0.3) is 11.7 Å². The van der Waals surface area contributed by atoms with Crippen molar-refractivity contribution >= 4 is 29.1 Å². The van der Waals surface area contributed by atoms with E-state index in [1.165, 1.54) is 31.3 Å². The van der Waals surface area contributed by atoms with E-state index in [0.29, 0.717) is 11.4 Å². The van der Waals surface area contributed by atoms with E-state index in [0.717, 1.165) is 5.56 Å². The summed E-state index contributed by atoms with van der Waals surface area (Å²) < 4.78 is 10.6. The van der Waals surface area contributed by atoms with Gasteiger partial charge in [-0.25, -0.2) is 0 Å². The molecule has 0 spiro atoms. The van der Waals surface area contributed by atoms with Gasteiger partial charge in [-0.3, -0.25) is 19.6 Å². The van der Waals surface area contributed by atoms with Gasteiger partial charge in [-0.2, -0.15) is 0 Å². The number of benzene rings is 1. The first-order valence-corrected chi connectivity index (χ1v) is 10.3. The molecule has 3 heterocycles. The van der Waals surface area contributed by atoms with E-state index < -0.39 is 23.5 Å². The van der Waals surface area contributed by atoms with E-state index in [9.17, 15) is 14.7 Å². The van der Waals surface area contributed by atoms with Crippen LogP contribution in [0.25, 0.3) is 5.76 Å². The first-order chi connectivity index (χ1) is 16.0. The molecule has 1 aromatic carbocycles. The average Bonchev–Trinajstić information content (AvgIpc) is 3.09. The topological polar surface area (TPSA) is 102 Å². The summed E-state index contributed by atoms with van der Waals surface area (Å²) in [7, 11) is 2.86. The number of carbonyl (C=O) groups excluding carboxylic acids is 2. The van der Waals surface area contributed by atoms with E-state index in [-0.39, 0.29) is 28.5 Å². The van der Waals surface area contributed by atoms with Gasteiger partial charge in [0.15, 0.2) is 0 Å². The van der Waals surface area contributed by atoms with Gasteiger partial charge in [0.1, 0.15) is 23.3 Å². The number of amides is 1. The summed E-state index contributed by atoms with van der Waals surface area (Å²) in [6.45, 7) is 0.131. The molecule has 8 nitrogen and oxygen atoms in total. The number of aliphatic hydroxyl groups excluding tert-OH is 1. The lowest BCUT2D eigenvalue weighted by Crippen LogP contribution is -2.29. The zero-order valence-corrected chi connectivity index (χ0v) is 18.6. The van der Waals surface area contributed by atoms with Gasteiger partial charge >= 0.3 is 0 Å². The Morgan fingerprint density at radius 2 is 1.79 bits per heavy atom. The molecular formula is C24H20ClN3O5. The van der Waals surface area contributed by atoms with Crippen LogP contribution in [0.5, 0.6) is 11.5 Å². The molecule has 1 saturated heterocycles. The number of aliphatic hydroxyl groups is 1. The second-order valence-electron chi connectivity index (χ2n) is 7.22. The molecule has 0 saturated carbocycles. The number of likely N-dealkylation sites (tertiary alicyclic amines) is 1. The summed E-state index contributed by atoms with van der Waals surface area (Å²) in [6.07, 6.45) is 4.77. The SMILES string of the molecule is COc1cc(OC)c(/C(O)=C2\C(=O)C(=O)N(Cc3ccncc3)C2c2ccccn2)cc1Cl. The fraction of sp³-hybridized carbons (Fsp3) is 0.167. The average molecular weight is 466 g/mol. The summed E-state index contributed by atoms with van der Waals surface area (Å²) >= 11 is 6.27. The van der Waals surface area contributed by atoms with Crippen LogP contribution in [0.15, 0.2) is 66.6 Å². The van der Waals surface area contributed by atoms with Crippen LogP contribution in [0.3, 0.4) is 0 Å². The number of halogens is 1. The standard InChI is InChI=1S/C24H20ClN3O5/c1-32-18-12-19(33-2)16(25)11-15(18)22(29)20-21(17-5-3-4-8-27-17)28(24(31)23(20)30)13-14-6-9-26-10-7-14/h3-12,21,29H,13H2,1-2H3/b22-20+. The van der Waals surface area contributed by atoms with Crippen molar-refractivity contribution in [2.45, 2.75) is 12.6 Å². The molecule has 1 unspecified atom stereocenters. The van der Waals surface area contributed by atoms with Crippen LogP contribution < -0.4 is 9.47 Å². The summed E-state index contributed by atoms with van der Waals surface area (Å²) in [4.78, 5) is 36.0. The summed E-state index contributed by atoms with van der Waals surface area (Å²) in [5.41, 5.74) is 1.27. The number of ether oxygens (including phenoxy) is 2. The lowest BCUT2D eigenvalue weighted by molar-refractivity contribution is -0.140. The number of pyridine rings is 2. The highest BCUT2D eigenvalue weighted by Gasteiger charge is 2.47. The maximum absolute atomic E-state index is 13.2. The second kappa shape index (κ2) is 9.30. The minimum Gasteiger partial charge on any atom is -0.507 e.